The van der Waals surface area contributed by atoms with Crippen molar-refractivity contribution >= 4 is 23.2 Å². The summed E-state index contributed by atoms with van der Waals surface area (Å²) in [5, 5.41) is 18.9. The SMILES string of the molecule is Cc1nc(-c2ccc(Cl)c(Cl)c2)cc(C#N)c1C#N. The van der Waals surface area contributed by atoms with E-state index in [1.165, 1.54) is 0 Å². The molecule has 1 heterocycles. The molecule has 0 amide bonds. The molecule has 0 aliphatic heterocycles. The second-order valence-corrected chi connectivity index (χ2v) is 4.68. The van der Waals surface area contributed by atoms with Crippen molar-refractivity contribution < 1.29 is 0 Å². The molecule has 2 aromatic rings. The Labute approximate surface area is 120 Å². The number of nitrogens with zero attached hydrogens (tertiary/aromatic N) is 3. The van der Waals surface area contributed by atoms with Crippen LogP contribution in [0.3, 0.4) is 0 Å². The van der Waals surface area contributed by atoms with Gasteiger partial charge in [-0.2, -0.15) is 10.5 Å². The van der Waals surface area contributed by atoms with Crippen LogP contribution in [0.25, 0.3) is 11.3 Å². The summed E-state index contributed by atoms with van der Waals surface area (Å²) in [6.45, 7) is 1.69. The van der Waals surface area contributed by atoms with Crippen molar-refractivity contribution in [3.05, 3.63) is 51.1 Å². The molecular weight excluding hydrogens is 281 g/mol. The van der Waals surface area contributed by atoms with Gasteiger partial charge in [0.05, 0.1) is 32.6 Å². The van der Waals surface area contributed by atoms with E-state index in [1.54, 1.807) is 31.2 Å². The smallest absolute Gasteiger partial charge is 0.102 e. The average Bonchev–Trinajstić information content (AvgIpc) is 2.40. The van der Waals surface area contributed by atoms with Gasteiger partial charge in [0, 0.05) is 5.56 Å². The zero-order chi connectivity index (χ0) is 14.0. The third kappa shape index (κ3) is 2.53. The van der Waals surface area contributed by atoms with Crippen molar-refractivity contribution in [2.75, 3.05) is 0 Å². The molecule has 0 unspecified atom stereocenters. The molecule has 19 heavy (non-hydrogen) atoms. The van der Waals surface area contributed by atoms with E-state index in [0.717, 1.165) is 5.56 Å². The van der Waals surface area contributed by atoms with Gasteiger partial charge in [-0.3, -0.25) is 4.98 Å². The molecule has 0 saturated heterocycles. The summed E-state index contributed by atoms with van der Waals surface area (Å²) < 4.78 is 0. The number of hydrogen-bond acceptors (Lipinski definition) is 3. The lowest BCUT2D eigenvalue weighted by molar-refractivity contribution is 1.17. The molecular formula is C14H7Cl2N3. The van der Waals surface area contributed by atoms with E-state index in [0.29, 0.717) is 32.6 Å². The molecule has 3 nitrogen and oxygen atoms in total. The van der Waals surface area contributed by atoms with Gasteiger partial charge in [-0.25, -0.2) is 0 Å². The first kappa shape index (κ1) is 13.4. The molecule has 0 radical (unpaired) electrons. The zero-order valence-electron chi connectivity index (χ0n) is 9.91. The average molecular weight is 288 g/mol. The molecule has 0 aliphatic carbocycles. The van der Waals surface area contributed by atoms with E-state index in [1.807, 2.05) is 12.1 Å². The van der Waals surface area contributed by atoms with Gasteiger partial charge in [0.25, 0.3) is 0 Å². The molecule has 1 aromatic carbocycles. The zero-order valence-corrected chi connectivity index (χ0v) is 11.4. The molecule has 1 aromatic heterocycles. The molecule has 0 atom stereocenters. The number of hydrogen-bond donors (Lipinski definition) is 0. The summed E-state index contributed by atoms with van der Waals surface area (Å²) in [5.74, 6) is 0. The van der Waals surface area contributed by atoms with E-state index in [-0.39, 0.29) is 0 Å². The highest BCUT2D eigenvalue weighted by molar-refractivity contribution is 6.42. The third-order valence-electron chi connectivity index (χ3n) is 2.65. The van der Waals surface area contributed by atoms with E-state index in [9.17, 15) is 0 Å². The van der Waals surface area contributed by atoms with Crippen molar-refractivity contribution in [2.24, 2.45) is 0 Å². The van der Waals surface area contributed by atoms with E-state index < -0.39 is 0 Å². The molecule has 0 N–H and O–H groups in total. The Kier molecular flexibility index (Phi) is 3.71. The summed E-state index contributed by atoms with van der Waals surface area (Å²) in [4.78, 5) is 4.32. The third-order valence-corrected chi connectivity index (χ3v) is 3.39. The van der Waals surface area contributed by atoms with Gasteiger partial charge in [-0.1, -0.05) is 29.3 Å². The Balaban J connectivity index is 2.65. The highest BCUT2D eigenvalue weighted by Gasteiger charge is 2.11. The Morgan fingerprint density at radius 3 is 2.37 bits per heavy atom. The van der Waals surface area contributed by atoms with Crippen molar-refractivity contribution in [3.63, 3.8) is 0 Å². The molecule has 92 valence electrons. The maximum atomic E-state index is 9.07. The predicted octanol–water partition coefficient (Wildman–Crippen LogP) is 4.11. The Morgan fingerprint density at radius 2 is 1.79 bits per heavy atom. The highest BCUT2D eigenvalue weighted by atomic mass is 35.5. The fourth-order valence-electron chi connectivity index (χ4n) is 1.71. The molecule has 0 bridgehead atoms. The van der Waals surface area contributed by atoms with E-state index in [2.05, 4.69) is 4.98 Å². The predicted molar refractivity (Wildman–Crippen MR) is 73.9 cm³/mol. The molecule has 0 spiro atoms. The first-order valence-corrected chi connectivity index (χ1v) is 6.09. The fraction of sp³-hybridized carbons (Fsp3) is 0.0714. The summed E-state index contributed by atoms with van der Waals surface area (Å²) in [6, 6.07) is 10.7. The van der Waals surface area contributed by atoms with Gasteiger partial charge in [-0.05, 0) is 25.1 Å². The monoisotopic (exact) mass is 287 g/mol. The van der Waals surface area contributed by atoms with Crippen LogP contribution in [0.1, 0.15) is 16.8 Å². The van der Waals surface area contributed by atoms with Crippen LogP contribution in [0.15, 0.2) is 24.3 Å². The first-order chi connectivity index (χ1) is 9.06. The van der Waals surface area contributed by atoms with Gasteiger partial charge in [0.2, 0.25) is 0 Å². The highest BCUT2D eigenvalue weighted by Crippen LogP contribution is 2.28. The topological polar surface area (TPSA) is 60.5 Å². The van der Waals surface area contributed by atoms with Crippen LogP contribution in [-0.2, 0) is 0 Å². The van der Waals surface area contributed by atoms with Crippen LogP contribution < -0.4 is 0 Å². The van der Waals surface area contributed by atoms with Crippen LogP contribution in [-0.4, -0.2) is 4.98 Å². The summed E-state index contributed by atoms with van der Waals surface area (Å²) in [5.41, 5.74) is 2.45. The normalized spacial score (nSPS) is 9.74. The number of aromatic nitrogens is 1. The van der Waals surface area contributed by atoms with Crippen molar-refractivity contribution in [1.82, 2.24) is 4.98 Å². The number of benzene rings is 1. The molecule has 0 saturated carbocycles. The largest absolute Gasteiger partial charge is 0.252 e. The van der Waals surface area contributed by atoms with Gasteiger partial charge in [-0.15, -0.1) is 0 Å². The van der Waals surface area contributed by atoms with Gasteiger partial charge < -0.3 is 0 Å². The second kappa shape index (κ2) is 5.28. The lowest BCUT2D eigenvalue weighted by Crippen LogP contribution is -1.96. The number of rotatable bonds is 1. The van der Waals surface area contributed by atoms with Gasteiger partial charge in [0.15, 0.2) is 0 Å². The molecule has 5 heteroatoms. The molecule has 0 fully saturated rings. The minimum absolute atomic E-state index is 0.298. The molecule has 0 aliphatic rings. The minimum atomic E-state index is 0.298. The number of aryl methyl sites for hydroxylation is 1. The van der Waals surface area contributed by atoms with Crippen molar-refractivity contribution in [2.45, 2.75) is 6.92 Å². The van der Waals surface area contributed by atoms with Crippen LogP contribution >= 0.6 is 23.2 Å². The summed E-state index contributed by atoms with van der Waals surface area (Å²) in [6.07, 6.45) is 0. The first-order valence-electron chi connectivity index (χ1n) is 5.34. The Morgan fingerprint density at radius 1 is 1.05 bits per heavy atom. The van der Waals surface area contributed by atoms with Crippen molar-refractivity contribution in [1.29, 1.82) is 10.5 Å². The summed E-state index contributed by atoms with van der Waals surface area (Å²) in [7, 11) is 0. The number of halogens is 2. The van der Waals surface area contributed by atoms with Crippen LogP contribution in [0, 0.1) is 29.6 Å². The Bertz CT molecular complexity index is 740. The van der Waals surface area contributed by atoms with Crippen LogP contribution in [0.5, 0.6) is 0 Å². The maximum Gasteiger partial charge on any atom is 0.102 e. The second-order valence-electron chi connectivity index (χ2n) is 3.87. The van der Waals surface area contributed by atoms with Crippen LogP contribution in [0.2, 0.25) is 10.0 Å². The number of pyridine rings is 1. The van der Waals surface area contributed by atoms with E-state index in [4.69, 9.17) is 33.7 Å². The maximum absolute atomic E-state index is 9.07. The summed E-state index contributed by atoms with van der Waals surface area (Å²) >= 11 is 11.8. The van der Waals surface area contributed by atoms with Crippen LogP contribution in [0.4, 0.5) is 0 Å². The quantitative estimate of drug-likeness (QED) is 0.793. The van der Waals surface area contributed by atoms with Crippen molar-refractivity contribution in [3.8, 4) is 23.4 Å². The Hall–Kier alpha value is -2.07. The number of nitriles is 2. The van der Waals surface area contributed by atoms with Gasteiger partial charge >= 0.3 is 0 Å². The molecule has 2 rings (SSSR count). The van der Waals surface area contributed by atoms with Gasteiger partial charge in [0.1, 0.15) is 12.1 Å². The minimum Gasteiger partial charge on any atom is -0.252 e. The van der Waals surface area contributed by atoms with E-state index >= 15 is 0 Å². The lowest BCUT2D eigenvalue weighted by atomic mass is 10.0. The fourth-order valence-corrected chi connectivity index (χ4v) is 2.00. The lowest BCUT2D eigenvalue weighted by Gasteiger charge is -2.06. The standard InChI is InChI=1S/C14H7Cl2N3/c1-8-11(7-18)10(6-17)5-14(19-8)9-2-3-12(15)13(16)4-9/h2-5H,1H3.